The van der Waals surface area contributed by atoms with E-state index >= 15 is 0 Å². The monoisotopic (exact) mass is 391 g/mol. The number of carbonyl (C=O) groups is 1. The molecule has 2 nitrogen and oxygen atoms in total. The number of amides is 1. The smallest absolute Gasteiger partial charge is 0.267 e. The molecule has 0 saturated heterocycles. The molecule has 0 atom stereocenters. The number of thiophene rings is 1. The Morgan fingerprint density at radius 2 is 2.06 bits per heavy atom. The standard InChI is InChI=1S/C13H11ClINOS/c1-7-3-4-9(5-10(7)15)16-13(17)12-11(14)8(2)6-18-12/h3-6H,1-2H3,(H,16,17). The Morgan fingerprint density at radius 3 is 2.61 bits per heavy atom. The molecule has 0 saturated carbocycles. The molecule has 0 radical (unpaired) electrons. The van der Waals surface area contributed by atoms with Gasteiger partial charge in [0.05, 0.1) is 5.02 Å². The zero-order valence-electron chi connectivity index (χ0n) is 9.88. The number of aryl methyl sites for hydroxylation is 2. The molecule has 0 bridgehead atoms. The van der Waals surface area contributed by atoms with Crippen molar-refractivity contribution in [2.24, 2.45) is 0 Å². The first-order chi connectivity index (χ1) is 8.49. The second kappa shape index (κ2) is 5.59. The van der Waals surface area contributed by atoms with E-state index in [-0.39, 0.29) is 5.91 Å². The maximum absolute atomic E-state index is 12.1. The van der Waals surface area contributed by atoms with E-state index < -0.39 is 0 Å². The molecule has 0 aliphatic heterocycles. The fourth-order valence-electron chi connectivity index (χ4n) is 1.44. The van der Waals surface area contributed by atoms with Gasteiger partial charge in [-0.05, 0) is 65.1 Å². The van der Waals surface area contributed by atoms with Crippen LogP contribution in [0.1, 0.15) is 20.8 Å². The molecule has 1 heterocycles. The molecule has 0 aliphatic rings. The number of benzene rings is 1. The molecular formula is C13H11ClINOS. The number of carbonyl (C=O) groups excluding carboxylic acids is 1. The highest BCUT2D eigenvalue weighted by molar-refractivity contribution is 14.1. The lowest BCUT2D eigenvalue weighted by Gasteiger charge is -2.06. The third-order valence-corrected chi connectivity index (χ3v) is 5.39. The summed E-state index contributed by atoms with van der Waals surface area (Å²) >= 11 is 9.69. The molecule has 0 aliphatic carbocycles. The summed E-state index contributed by atoms with van der Waals surface area (Å²) in [6.07, 6.45) is 0. The zero-order valence-corrected chi connectivity index (χ0v) is 13.6. The third-order valence-electron chi connectivity index (χ3n) is 2.54. The largest absolute Gasteiger partial charge is 0.321 e. The van der Waals surface area contributed by atoms with Gasteiger partial charge in [-0.3, -0.25) is 4.79 Å². The van der Waals surface area contributed by atoms with Crippen LogP contribution >= 0.6 is 45.5 Å². The van der Waals surface area contributed by atoms with Crippen LogP contribution in [0.2, 0.25) is 5.02 Å². The molecule has 2 aromatic rings. The van der Waals surface area contributed by atoms with Crippen molar-refractivity contribution < 1.29 is 4.79 Å². The molecule has 1 aromatic carbocycles. The summed E-state index contributed by atoms with van der Waals surface area (Å²) in [7, 11) is 0. The van der Waals surface area contributed by atoms with Crippen molar-refractivity contribution in [3.05, 3.63) is 48.2 Å². The second-order valence-electron chi connectivity index (χ2n) is 3.98. The highest BCUT2D eigenvalue weighted by Gasteiger charge is 2.14. The van der Waals surface area contributed by atoms with Gasteiger partial charge in [0.2, 0.25) is 0 Å². The van der Waals surface area contributed by atoms with Gasteiger partial charge in [-0.15, -0.1) is 11.3 Å². The SMILES string of the molecule is Cc1ccc(NC(=O)c2scc(C)c2Cl)cc1I. The van der Waals surface area contributed by atoms with Crippen molar-refractivity contribution in [2.45, 2.75) is 13.8 Å². The zero-order chi connectivity index (χ0) is 13.3. The Hall–Kier alpha value is -0.590. The molecule has 18 heavy (non-hydrogen) atoms. The maximum atomic E-state index is 12.1. The summed E-state index contributed by atoms with van der Waals surface area (Å²) in [4.78, 5) is 12.6. The van der Waals surface area contributed by atoms with Crippen molar-refractivity contribution in [1.82, 2.24) is 0 Å². The van der Waals surface area contributed by atoms with E-state index in [1.807, 2.05) is 37.4 Å². The summed E-state index contributed by atoms with van der Waals surface area (Å²) in [6.45, 7) is 3.93. The third kappa shape index (κ3) is 2.87. The molecule has 0 unspecified atom stereocenters. The minimum absolute atomic E-state index is 0.155. The summed E-state index contributed by atoms with van der Waals surface area (Å²) in [5, 5.41) is 5.29. The molecule has 94 valence electrons. The van der Waals surface area contributed by atoms with E-state index in [1.165, 1.54) is 16.9 Å². The van der Waals surface area contributed by atoms with E-state index in [2.05, 4.69) is 27.9 Å². The number of rotatable bonds is 2. The Morgan fingerprint density at radius 1 is 1.33 bits per heavy atom. The molecule has 2 rings (SSSR count). The number of hydrogen-bond acceptors (Lipinski definition) is 2. The number of nitrogens with one attached hydrogen (secondary N) is 1. The van der Waals surface area contributed by atoms with E-state index in [0.29, 0.717) is 9.90 Å². The summed E-state index contributed by atoms with van der Waals surface area (Å²) in [5.74, 6) is -0.155. The van der Waals surface area contributed by atoms with Gasteiger partial charge in [0.1, 0.15) is 4.88 Å². The van der Waals surface area contributed by atoms with E-state index in [1.54, 1.807) is 0 Å². The minimum atomic E-state index is -0.155. The van der Waals surface area contributed by atoms with Gasteiger partial charge < -0.3 is 5.32 Å². The number of halogens is 2. The highest BCUT2D eigenvalue weighted by atomic mass is 127. The lowest BCUT2D eigenvalue weighted by Crippen LogP contribution is -2.10. The lowest BCUT2D eigenvalue weighted by atomic mass is 10.2. The Kier molecular flexibility index (Phi) is 4.29. The first kappa shape index (κ1) is 13.8. The van der Waals surface area contributed by atoms with Crippen molar-refractivity contribution in [1.29, 1.82) is 0 Å². The van der Waals surface area contributed by atoms with Gasteiger partial charge in [0, 0.05) is 9.26 Å². The maximum Gasteiger partial charge on any atom is 0.267 e. The molecule has 0 spiro atoms. The van der Waals surface area contributed by atoms with Crippen molar-refractivity contribution in [3.63, 3.8) is 0 Å². The average Bonchev–Trinajstić information content (AvgIpc) is 2.65. The first-order valence-corrected chi connectivity index (χ1v) is 7.63. The lowest BCUT2D eigenvalue weighted by molar-refractivity contribution is 0.103. The van der Waals surface area contributed by atoms with E-state index in [0.717, 1.165) is 14.8 Å². The Bertz CT molecular complexity index is 609. The fraction of sp³-hybridized carbons (Fsp3) is 0.154. The normalized spacial score (nSPS) is 10.4. The predicted octanol–water partition coefficient (Wildman–Crippen LogP) is 4.88. The average molecular weight is 392 g/mol. The highest BCUT2D eigenvalue weighted by Crippen LogP contribution is 2.28. The van der Waals surface area contributed by atoms with Crippen LogP contribution in [0.15, 0.2) is 23.6 Å². The fourth-order valence-corrected chi connectivity index (χ4v) is 3.13. The van der Waals surface area contributed by atoms with Crippen LogP contribution in [0, 0.1) is 17.4 Å². The molecule has 1 amide bonds. The van der Waals surface area contributed by atoms with Gasteiger partial charge in [-0.25, -0.2) is 0 Å². The van der Waals surface area contributed by atoms with Crippen LogP contribution in [0.5, 0.6) is 0 Å². The van der Waals surface area contributed by atoms with Crippen molar-refractivity contribution in [3.8, 4) is 0 Å². The quantitative estimate of drug-likeness (QED) is 0.727. The summed E-state index contributed by atoms with van der Waals surface area (Å²) in [6, 6.07) is 5.82. The van der Waals surface area contributed by atoms with Crippen LogP contribution in [-0.2, 0) is 0 Å². The van der Waals surface area contributed by atoms with Crippen LogP contribution in [0.3, 0.4) is 0 Å². The van der Waals surface area contributed by atoms with Crippen LogP contribution < -0.4 is 5.32 Å². The molecule has 1 N–H and O–H groups in total. The Balaban J connectivity index is 2.21. The van der Waals surface area contributed by atoms with Crippen LogP contribution in [0.25, 0.3) is 0 Å². The summed E-state index contributed by atoms with van der Waals surface area (Å²) in [5.41, 5.74) is 2.92. The van der Waals surface area contributed by atoms with Crippen molar-refractivity contribution in [2.75, 3.05) is 5.32 Å². The van der Waals surface area contributed by atoms with Crippen LogP contribution in [0.4, 0.5) is 5.69 Å². The molecule has 0 fully saturated rings. The van der Waals surface area contributed by atoms with Gasteiger partial charge >= 0.3 is 0 Å². The van der Waals surface area contributed by atoms with Crippen LogP contribution in [-0.4, -0.2) is 5.91 Å². The van der Waals surface area contributed by atoms with E-state index in [9.17, 15) is 4.79 Å². The second-order valence-corrected chi connectivity index (χ2v) is 6.40. The minimum Gasteiger partial charge on any atom is -0.321 e. The molecular weight excluding hydrogens is 381 g/mol. The summed E-state index contributed by atoms with van der Waals surface area (Å²) < 4.78 is 1.12. The van der Waals surface area contributed by atoms with Gasteiger partial charge in [0.15, 0.2) is 0 Å². The Labute approximate surface area is 129 Å². The topological polar surface area (TPSA) is 29.1 Å². The molecule has 1 aromatic heterocycles. The van der Waals surface area contributed by atoms with Gasteiger partial charge in [-0.1, -0.05) is 17.7 Å². The molecule has 5 heteroatoms. The van der Waals surface area contributed by atoms with E-state index in [4.69, 9.17) is 11.6 Å². The number of anilines is 1. The van der Waals surface area contributed by atoms with Gasteiger partial charge in [-0.2, -0.15) is 0 Å². The van der Waals surface area contributed by atoms with Gasteiger partial charge in [0.25, 0.3) is 5.91 Å². The first-order valence-electron chi connectivity index (χ1n) is 5.30. The number of hydrogen-bond donors (Lipinski definition) is 1. The predicted molar refractivity (Wildman–Crippen MR) is 85.9 cm³/mol. The van der Waals surface area contributed by atoms with Crippen molar-refractivity contribution >= 4 is 57.1 Å².